The molecule has 0 radical (unpaired) electrons. The Balaban J connectivity index is 4.88. The maximum atomic E-state index is 12.4. The van der Waals surface area contributed by atoms with Crippen LogP contribution in [-0.4, -0.2) is 49.5 Å². The van der Waals surface area contributed by atoms with Crippen molar-refractivity contribution >= 4 is 20.3 Å². The molecule has 0 aliphatic heterocycles. The lowest BCUT2D eigenvalue weighted by molar-refractivity contribution is -0.119. The van der Waals surface area contributed by atoms with Gasteiger partial charge in [-0.3, -0.25) is 9.36 Å². The second-order valence-corrected chi connectivity index (χ2v) is 11.4. The van der Waals surface area contributed by atoms with E-state index in [4.69, 9.17) is 9.63 Å². The number of aliphatic hydroxyl groups is 1. The first-order chi connectivity index (χ1) is 8.15. The maximum absolute atomic E-state index is 12.4. The lowest BCUT2D eigenvalue weighted by atomic mass is 10.2. The minimum Gasteiger partial charge on any atom is -0.396 e. The molecule has 0 aromatic heterocycles. The van der Waals surface area contributed by atoms with Crippen molar-refractivity contribution in [2.75, 3.05) is 33.2 Å². The van der Waals surface area contributed by atoms with Crippen molar-refractivity contribution in [3.63, 3.8) is 0 Å². The molecule has 0 bridgehead atoms. The molecule has 2 atom stereocenters. The zero-order chi connectivity index (χ0) is 14.4. The molecule has 0 heterocycles. The zero-order valence-corrected chi connectivity index (χ0v) is 13.4. The van der Waals surface area contributed by atoms with Gasteiger partial charge >= 0.3 is 0 Å². The molecule has 0 aromatic rings. The number of rotatable bonds is 9. The van der Waals surface area contributed by atoms with E-state index in [0.717, 1.165) is 0 Å². The van der Waals surface area contributed by atoms with Crippen molar-refractivity contribution in [2.45, 2.75) is 31.6 Å². The van der Waals surface area contributed by atoms with Gasteiger partial charge in [-0.05, 0) is 26.7 Å². The Bertz CT molecular complexity index is 360. The van der Waals surface area contributed by atoms with E-state index < -0.39 is 19.9 Å². The predicted molar refractivity (Wildman–Crippen MR) is 74.3 cm³/mol. The van der Waals surface area contributed by atoms with Crippen molar-refractivity contribution < 1.29 is 23.6 Å². The summed E-state index contributed by atoms with van der Waals surface area (Å²) < 4.78 is 29.8. The summed E-state index contributed by atoms with van der Waals surface area (Å²) in [5.41, 5.74) is 0. The molecular formula is C11H24O5P2. The lowest BCUT2D eigenvalue weighted by Gasteiger charge is -2.26. The highest BCUT2D eigenvalue weighted by molar-refractivity contribution is 7.78. The number of aliphatic hydroxyl groups excluding tert-OH is 1. The van der Waals surface area contributed by atoms with Crippen LogP contribution in [0.15, 0.2) is 0 Å². The second kappa shape index (κ2) is 7.59. The molecule has 1 N–H and O–H groups in total. The van der Waals surface area contributed by atoms with E-state index >= 15 is 0 Å². The third-order valence-corrected chi connectivity index (χ3v) is 9.25. The van der Waals surface area contributed by atoms with E-state index in [1.807, 2.05) is 0 Å². The SMILES string of the molecule is CCOP(C)(=O)C(CC(=O)CCCO)P(C)(C)=O. The van der Waals surface area contributed by atoms with Crippen LogP contribution in [0, 0.1) is 0 Å². The summed E-state index contributed by atoms with van der Waals surface area (Å²) in [4.78, 5) is 11.7. The highest BCUT2D eigenvalue weighted by atomic mass is 31.2. The lowest BCUT2D eigenvalue weighted by Crippen LogP contribution is -2.16. The number of carbonyl (C=O) groups excluding carboxylic acids is 1. The molecule has 0 rings (SSSR count). The number of ketones is 1. The van der Waals surface area contributed by atoms with Crippen LogP contribution < -0.4 is 0 Å². The first kappa shape index (κ1) is 18.0. The molecule has 7 heteroatoms. The van der Waals surface area contributed by atoms with E-state index in [1.165, 1.54) is 20.0 Å². The highest BCUT2D eigenvalue weighted by Crippen LogP contribution is 2.65. The average molecular weight is 298 g/mol. The molecule has 0 aliphatic carbocycles. The van der Waals surface area contributed by atoms with Crippen LogP contribution in [0.1, 0.15) is 26.2 Å². The van der Waals surface area contributed by atoms with Gasteiger partial charge in [-0.15, -0.1) is 0 Å². The number of carbonyl (C=O) groups is 1. The highest BCUT2D eigenvalue weighted by Gasteiger charge is 2.39. The monoisotopic (exact) mass is 298 g/mol. The first-order valence-electron chi connectivity index (χ1n) is 6.04. The van der Waals surface area contributed by atoms with E-state index in [2.05, 4.69) is 0 Å². The Morgan fingerprint density at radius 3 is 2.22 bits per heavy atom. The minimum absolute atomic E-state index is 0.00193. The van der Waals surface area contributed by atoms with Gasteiger partial charge in [0.05, 0.1) is 19.1 Å². The molecule has 108 valence electrons. The Morgan fingerprint density at radius 1 is 1.28 bits per heavy atom. The van der Waals surface area contributed by atoms with Crippen molar-refractivity contribution in [2.24, 2.45) is 0 Å². The van der Waals surface area contributed by atoms with Crippen LogP contribution in [0.25, 0.3) is 0 Å². The fourth-order valence-corrected chi connectivity index (χ4v) is 7.92. The van der Waals surface area contributed by atoms with Gasteiger partial charge in [0.1, 0.15) is 5.78 Å². The summed E-state index contributed by atoms with van der Waals surface area (Å²) in [6, 6.07) is 0. The van der Waals surface area contributed by atoms with E-state index in [9.17, 15) is 13.9 Å². The normalized spacial score (nSPS) is 17.2. The molecule has 0 amide bonds. The van der Waals surface area contributed by atoms with Crippen molar-refractivity contribution in [1.29, 1.82) is 0 Å². The summed E-state index contributed by atoms with van der Waals surface area (Å²) in [5, 5.41) is 7.95. The van der Waals surface area contributed by atoms with Crippen molar-refractivity contribution in [1.82, 2.24) is 0 Å². The molecule has 0 saturated carbocycles. The fraction of sp³-hybridized carbons (Fsp3) is 0.909. The van der Waals surface area contributed by atoms with Gasteiger partial charge in [-0.1, -0.05) is 0 Å². The fourth-order valence-electron chi connectivity index (χ4n) is 1.82. The largest absolute Gasteiger partial charge is 0.396 e. The molecule has 18 heavy (non-hydrogen) atoms. The molecular weight excluding hydrogens is 274 g/mol. The number of hydrogen-bond donors (Lipinski definition) is 1. The van der Waals surface area contributed by atoms with E-state index in [1.54, 1.807) is 6.92 Å². The maximum Gasteiger partial charge on any atom is 0.210 e. The molecule has 5 nitrogen and oxygen atoms in total. The quantitative estimate of drug-likeness (QED) is 0.662. The van der Waals surface area contributed by atoms with Gasteiger partial charge in [0.2, 0.25) is 7.37 Å². The summed E-state index contributed by atoms with van der Waals surface area (Å²) in [5.74, 6) is -0.125. The van der Waals surface area contributed by atoms with Gasteiger partial charge in [0.25, 0.3) is 0 Å². The molecule has 0 spiro atoms. The summed E-state index contributed by atoms with van der Waals surface area (Å²) >= 11 is 0. The van der Waals surface area contributed by atoms with Crippen LogP contribution in [-0.2, 0) is 18.4 Å². The summed E-state index contributed by atoms with van der Waals surface area (Å²) in [6.07, 6.45) is 0.600. The molecule has 0 saturated heterocycles. The molecule has 0 aliphatic rings. The Labute approximate surface area is 109 Å². The average Bonchev–Trinajstić information content (AvgIpc) is 2.21. The summed E-state index contributed by atoms with van der Waals surface area (Å²) in [6.45, 7) is 6.45. The third-order valence-electron chi connectivity index (χ3n) is 2.67. The van der Waals surface area contributed by atoms with E-state index in [0.29, 0.717) is 6.42 Å². The topological polar surface area (TPSA) is 80.7 Å². The van der Waals surface area contributed by atoms with Crippen LogP contribution >= 0.6 is 14.5 Å². The Morgan fingerprint density at radius 2 is 1.83 bits per heavy atom. The van der Waals surface area contributed by atoms with Gasteiger partial charge in [0.15, 0.2) is 0 Å². The second-order valence-electron chi connectivity index (χ2n) is 4.81. The standard InChI is InChI=1S/C11H24O5P2/c1-5-16-18(4,15)11(17(2,3)14)9-10(13)7-6-8-12/h11-12H,5-9H2,1-4H3. The van der Waals surface area contributed by atoms with Crippen LogP contribution in [0.3, 0.4) is 0 Å². The smallest absolute Gasteiger partial charge is 0.210 e. The number of Topliss-reactive ketones (excluding diaryl/α,β-unsaturated/α-hetero) is 1. The zero-order valence-electron chi connectivity index (χ0n) is 11.6. The predicted octanol–water partition coefficient (Wildman–Crippen LogP) is 2.61. The first-order valence-corrected chi connectivity index (χ1v) is 10.8. The van der Waals surface area contributed by atoms with Crippen LogP contribution in [0.4, 0.5) is 0 Å². The Hall–Kier alpha value is 0.0500. The minimum atomic E-state index is -3.06. The van der Waals surface area contributed by atoms with Crippen molar-refractivity contribution in [3.05, 3.63) is 0 Å². The van der Waals surface area contributed by atoms with E-state index in [-0.39, 0.29) is 31.8 Å². The van der Waals surface area contributed by atoms with Gasteiger partial charge in [-0.25, -0.2) is 0 Å². The Kier molecular flexibility index (Phi) is 7.61. The summed E-state index contributed by atoms with van der Waals surface area (Å²) in [7, 11) is -5.74. The third kappa shape index (κ3) is 6.29. The van der Waals surface area contributed by atoms with Gasteiger partial charge in [-0.2, -0.15) is 0 Å². The van der Waals surface area contributed by atoms with Crippen LogP contribution in [0.2, 0.25) is 0 Å². The van der Waals surface area contributed by atoms with Gasteiger partial charge in [0, 0.05) is 26.1 Å². The molecule has 0 aromatic carbocycles. The van der Waals surface area contributed by atoms with Crippen molar-refractivity contribution in [3.8, 4) is 0 Å². The van der Waals surface area contributed by atoms with Gasteiger partial charge < -0.3 is 14.2 Å². The molecule has 0 fully saturated rings. The number of hydrogen-bond acceptors (Lipinski definition) is 5. The van der Waals surface area contributed by atoms with Crippen LogP contribution in [0.5, 0.6) is 0 Å². The molecule has 2 unspecified atom stereocenters.